The fraction of sp³-hybridized carbons (Fsp3) is 0.240. The Bertz CT molecular complexity index is 1620. The number of thiol groups is 1. The molecule has 0 aliphatic rings. The Kier molecular flexibility index (Phi) is 6.00. The van der Waals surface area contributed by atoms with Crippen molar-refractivity contribution < 1.29 is 8.42 Å². The topological polar surface area (TPSA) is 106 Å². The van der Waals surface area contributed by atoms with Crippen molar-refractivity contribution in [1.29, 1.82) is 0 Å². The van der Waals surface area contributed by atoms with Crippen molar-refractivity contribution in [3.05, 3.63) is 76.7 Å². The molecule has 9 nitrogen and oxygen atoms in total. The van der Waals surface area contributed by atoms with Crippen LogP contribution in [0.1, 0.15) is 28.2 Å². The molecule has 0 fully saturated rings. The molecule has 0 saturated heterocycles. The van der Waals surface area contributed by atoms with Gasteiger partial charge in [-0.2, -0.15) is 14.7 Å². The predicted molar refractivity (Wildman–Crippen MR) is 138 cm³/mol. The lowest BCUT2D eigenvalue weighted by molar-refractivity contribution is 0.601. The molecular formula is C25H27N7O2S. The minimum atomic E-state index is -2.60. The van der Waals surface area contributed by atoms with Crippen LogP contribution in [0.5, 0.6) is 0 Å². The minimum absolute atomic E-state index is 0.288. The molecule has 0 amide bonds. The number of anilines is 1. The van der Waals surface area contributed by atoms with Gasteiger partial charge in [-0.15, -0.1) is 0 Å². The average Bonchev–Trinajstić information content (AvgIpc) is 3.31. The van der Waals surface area contributed by atoms with Crippen LogP contribution >= 0.6 is 0 Å². The molecule has 0 unspecified atom stereocenters. The Morgan fingerprint density at radius 1 is 0.886 bits per heavy atom. The third kappa shape index (κ3) is 4.50. The molecule has 2 aromatic carbocycles. The molecular weight excluding hydrogens is 462 g/mol. The Morgan fingerprint density at radius 2 is 1.60 bits per heavy atom. The van der Waals surface area contributed by atoms with Crippen molar-refractivity contribution in [3.8, 4) is 11.1 Å². The summed E-state index contributed by atoms with van der Waals surface area (Å²) >= 11 is 0. The summed E-state index contributed by atoms with van der Waals surface area (Å²) < 4.78 is 27.6. The first kappa shape index (κ1) is 23.0. The standard InChI is InChI=1S/C25H27N7O2S/c1-15-11-23(26-13-18-5-7-19(8-6-18)14-27-35(33)34)32-25(28-15)24(17(3)30-32)20-9-10-22-21(12-20)16(2)29-31(22)4/h5-12,26,35H,13-14H2,1-4H3,(H,27,33,34). The minimum Gasteiger partial charge on any atom is -0.366 e. The maximum Gasteiger partial charge on any atom is 0.201 e. The number of aromatic nitrogens is 5. The molecule has 0 saturated carbocycles. The Hall–Kier alpha value is -3.76. The van der Waals surface area contributed by atoms with Crippen LogP contribution in [0.4, 0.5) is 5.82 Å². The number of rotatable bonds is 7. The molecule has 35 heavy (non-hydrogen) atoms. The molecule has 3 heterocycles. The second kappa shape index (κ2) is 9.12. The fourth-order valence-corrected chi connectivity index (χ4v) is 4.74. The van der Waals surface area contributed by atoms with Crippen molar-refractivity contribution in [2.45, 2.75) is 33.9 Å². The van der Waals surface area contributed by atoms with E-state index in [1.54, 1.807) is 0 Å². The molecule has 3 aromatic heterocycles. The Morgan fingerprint density at radius 3 is 2.31 bits per heavy atom. The third-order valence-electron chi connectivity index (χ3n) is 6.12. The smallest absolute Gasteiger partial charge is 0.201 e. The number of nitrogens with zero attached hydrogens (tertiary/aromatic N) is 5. The van der Waals surface area contributed by atoms with Crippen LogP contribution in [-0.2, 0) is 31.0 Å². The van der Waals surface area contributed by atoms with Crippen LogP contribution in [0.25, 0.3) is 27.7 Å². The lowest BCUT2D eigenvalue weighted by Crippen LogP contribution is -2.10. The summed E-state index contributed by atoms with van der Waals surface area (Å²) in [5.74, 6) is 0.856. The lowest BCUT2D eigenvalue weighted by Gasteiger charge is -2.10. The first-order valence-corrected chi connectivity index (χ1v) is 12.5. The first-order valence-electron chi connectivity index (χ1n) is 11.3. The molecule has 0 atom stereocenters. The average molecular weight is 490 g/mol. The van der Waals surface area contributed by atoms with Crippen molar-refractivity contribution >= 4 is 33.3 Å². The second-order valence-electron chi connectivity index (χ2n) is 8.68. The monoisotopic (exact) mass is 489 g/mol. The second-order valence-corrected chi connectivity index (χ2v) is 9.51. The molecule has 0 radical (unpaired) electrons. The molecule has 180 valence electrons. The van der Waals surface area contributed by atoms with Gasteiger partial charge < -0.3 is 5.32 Å². The van der Waals surface area contributed by atoms with Gasteiger partial charge in [-0.3, -0.25) is 4.68 Å². The quantitative estimate of drug-likeness (QED) is 0.303. The van der Waals surface area contributed by atoms with Crippen molar-refractivity contribution in [1.82, 2.24) is 29.1 Å². The van der Waals surface area contributed by atoms with Crippen LogP contribution in [0.3, 0.4) is 0 Å². The summed E-state index contributed by atoms with van der Waals surface area (Å²) in [5.41, 5.74) is 8.74. The zero-order chi connectivity index (χ0) is 24.7. The van der Waals surface area contributed by atoms with Crippen LogP contribution in [0.15, 0.2) is 48.5 Å². The van der Waals surface area contributed by atoms with E-state index in [1.807, 2.05) is 67.3 Å². The van der Waals surface area contributed by atoms with Gasteiger partial charge in [-0.1, -0.05) is 30.3 Å². The lowest BCUT2D eigenvalue weighted by atomic mass is 10.0. The van der Waals surface area contributed by atoms with Crippen LogP contribution in [0, 0.1) is 20.8 Å². The van der Waals surface area contributed by atoms with E-state index in [1.165, 1.54) is 0 Å². The van der Waals surface area contributed by atoms with Gasteiger partial charge >= 0.3 is 0 Å². The molecule has 10 heteroatoms. The van der Waals surface area contributed by atoms with Gasteiger partial charge in [-0.05, 0) is 49.6 Å². The summed E-state index contributed by atoms with van der Waals surface area (Å²) in [4.78, 5) is 4.83. The normalized spacial score (nSPS) is 11.7. The summed E-state index contributed by atoms with van der Waals surface area (Å²) in [7, 11) is -0.642. The summed E-state index contributed by atoms with van der Waals surface area (Å²) in [6.07, 6.45) is 0. The van der Waals surface area contributed by atoms with Gasteiger partial charge in [0.2, 0.25) is 10.9 Å². The summed E-state index contributed by atoms with van der Waals surface area (Å²) in [6, 6.07) is 16.2. The van der Waals surface area contributed by atoms with Gasteiger partial charge in [0.05, 0.1) is 16.9 Å². The van der Waals surface area contributed by atoms with E-state index in [-0.39, 0.29) is 6.54 Å². The van der Waals surface area contributed by atoms with Gasteiger partial charge in [0.25, 0.3) is 0 Å². The molecule has 2 N–H and O–H groups in total. The molecule has 0 bridgehead atoms. The highest BCUT2D eigenvalue weighted by molar-refractivity contribution is 7.70. The zero-order valence-electron chi connectivity index (χ0n) is 20.0. The van der Waals surface area contributed by atoms with E-state index < -0.39 is 10.9 Å². The largest absolute Gasteiger partial charge is 0.366 e. The van der Waals surface area contributed by atoms with Gasteiger partial charge in [0.15, 0.2) is 5.65 Å². The van der Waals surface area contributed by atoms with E-state index in [4.69, 9.17) is 10.1 Å². The van der Waals surface area contributed by atoms with Crippen LogP contribution < -0.4 is 10.0 Å². The zero-order valence-corrected chi connectivity index (χ0v) is 20.9. The number of nitrogens with one attached hydrogen (secondary N) is 2. The highest BCUT2D eigenvalue weighted by Gasteiger charge is 2.17. The Labute approximate surface area is 204 Å². The third-order valence-corrected chi connectivity index (χ3v) is 6.54. The van der Waals surface area contributed by atoms with Gasteiger partial charge in [-0.25, -0.2) is 18.1 Å². The van der Waals surface area contributed by atoms with E-state index in [9.17, 15) is 8.42 Å². The van der Waals surface area contributed by atoms with Crippen LogP contribution in [-0.4, -0.2) is 32.8 Å². The number of benzene rings is 2. The number of fused-ring (bicyclic) bond motifs is 2. The molecule has 0 aliphatic heterocycles. The van der Waals surface area contributed by atoms with Crippen molar-refractivity contribution in [3.63, 3.8) is 0 Å². The van der Waals surface area contributed by atoms with Gasteiger partial charge in [0, 0.05) is 42.8 Å². The van der Waals surface area contributed by atoms with E-state index in [2.05, 4.69) is 33.3 Å². The van der Waals surface area contributed by atoms with Crippen LogP contribution in [0.2, 0.25) is 0 Å². The number of hydrogen-bond donors (Lipinski definition) is 3. The molecule has 0 spiro atoms. The molecule has 0 aliphatic carbocycles. The summed E-state index contributed by atoms with van der Waals surface area (Å²) in [5, 5.41) is 14.0. The van der Waals surface area contributed by atoms with Crippen molar-refractivity contribution in [2.24, 2.45) is 7.05 Å². The first-order chi connectivity index (χ1) is 16.8. The van der Waals surface area contributed by atoms with Gasteiger partial charge in [0.1, 0.15) is 5.82 Å². The predicted octanol–water partition coefficient (Wildman–Crippen LogP) is 3.44. The maximum absolute atomic E-state index is 10.7. The number of hydrogen-bond acceptors (Lipinski definition) is 6. The highest BCUT2D eigenvalue weighted by Crippen LogP contribution is 2.32. The van der Waals surface area contributed by atoms with E-state index in [0.717, 1.165) is 61.7 Å². The Balaban J connectivity index is 1.46. The number of aryl methyl sites for hydroxylation is 4. The van der Waals surface area contributed by atoms with E-state index >= 15 is 0 Å². The molecule has 5 rings (SSSR count). The fourth-order valence-electron chi connectivity index (χ4n) is 4.43. The van der Waals surface area contributed by atoms with Crippen molar-refractivity contribution in [2.75, 3.05) is 5.32 Å². The summed E-state index contributed by atoms with van der Waals surface area (Å²) in [6.45, 7) is 6.89. The SMILES string of the molecule is Cc1cc(NCc2ccc(CN[SH](=O)=O)cc2)n2nc(C)c(-c3ccc4c(c3)c(C)nn4C)c2n1. The van der Waals surface area contributed by atoms with E-state index in [0.29, 0.717) is 6.54 Å². The highest BCUT2D eigenvalue weighted by atomic mass is 32.2. The maximum atomic E-state index is 10.7. The molecule has 5 aromatic rings.